The molecule has 1 aromatic heterocycles. The topological polar surface area (TPSA) is 66.8 Å². The zero-order valence-corrected chi connectivity index (χ0v) is 20.3. The molecule has 0 saturated carbocycles. The van der Waals surface area contributed by atoms with Crippen molar-refractivity contribution in [1.82, 2.24) is 4.90 Å². The lowest BCUT2D eigenvalue weighted by molar-refractivity contribution is -0.148. The van der Waals surface area contributed by atoms with Crippen LogP contribution in [0.15, 0.2) is 54.6 Å². The number of alkyl halides is 2. The minimum Gasteiger partial charge on any atom is -0.465 e. The lowest BCUT2D eigenvalue weighted by Gasteiger charge is -2.22. The number of likely N-dealkylation sites (tertiary alicyclic amines) is 1. The van der Waals surface area contributed by atoms with Crippen LogP contribution in [0.1, 0.15) is 46.3 Å². The monoisotopic (exact) mass is 491 g/mol. The van der Waals surface area contributed by atoms with E-state index in [4.69, 9.17) is 4.74 Å². The number of aryl methyl sites for hydroxylation is 2. The Bertz CT molecular complexity index is 992. The molecule has 0 spiro atoms. The first-order valence-corrected chi connectivity index (χ1v) is 12.3. The average Bonchev–Trinajstić information content (AvgIpc) is 3.39. The molecule has 8 heteroatoms. The largest absolute Gasteiger partial charge is 0.465 e. The van der Waals surface area contributed by atoms with Crippen molar-refractivity contribution in [2.45, 2.75) is 57.1 Å². The van der Waals surface area contributed by atoms with Crippen LogP contribution in [-0.4, -0.2) is 53.6 Å². The number of rotatable bonds is 11. The summed E-state index contributed by atoms with van der Waals surface area (Å²) >= 11 is 1.30. The molecule has 1 N–H and O–H groups in total. The summed E-state index contributed by atoms with van der Waals surface area (Å²) in [4.78, 5) is 26.5. The Morgan fingerprint density at radius 1 is 1.26 bits per heavy atom. The predicted molar refractivity (Wildman–Crippen MR) is 128 cm³/mol. The second-order valence-corrected chi connectivity index (χ2v) is 9.88. The molecule has 0 aliphatic carbocycles. The van der Waals surface area contributed by atoms with E-state index in [2.05, 4.69) is 0 Å². The van der Waals surface area contributed by atoms with Crippen LogP contribution >= 0.6 is 11.3 Å². The summed E-state index contributed by atoms with van der Waals surface area (Å²) in [6, 6.07) is 12.7. The number of esters is 1. The fraction of sp³-hybridized carbons (Fsp3) is 0.462. The molecule has 1 amide bonds. The summed E-state index contributed by atoms with van der Waals surface area (Å²) in [6.07, 6.45) is 4.35. The van der Waals surface area contributed by atoms with E-state index in [1.54, 1.807) is 18.2 Å². The van der Waals surface area contributed by atoms with Crippen LogP contribution in [0.5, 0.6) is 0 Å². The van der Waals surface area contributed by atoms with Gasteiger partial charge in [-0.1, -0.05) is 49.4 Å². The Labute approximate surface area is 203 Å². The van der Waals surface area contributed by atoms with Gasteiger partial charge in [-0.25, -0.2) is 4.79 Å². The van der Waals surface area contributed by atoms with Crippen LogP contribution in [0.25, 0.3) is 0 Å². The van der Waals surface area contributed by atoms with Crippen molar-refractivity contribution in [2.75, 3.05) is 13.7 Å². The number of aliphatic hydroxyl groups excluding tert-OH is 1. The van der Waals surface area contributed by atoms with Crippen molar-refractivity contribution in [3.8, 4) is 0 Å². The number of thiophene rings is 1. The van der Waals surface area contributed by atoms with Crippen molar-refractivity contribution >= 4 is 23.2 Å². The van der Waals surface area contributed by atoms with Crippen molar-refractivity contribution in [3.05, 3.63) is 69.9 Å². The standard InChI is InChI=1S/C26H31F2NO4S/c1-18(10-11-19-7-4-3-5-8-19)22(30)14-12-20-17-26(27,28)25(32)29(20)16-6-9-21-13-15-23(34-21)24(31)33-2/h3-5,7-8,12-15,18,20,22,30H,6,9-11,16-17H2,1-2H3/t18-,20?,22+/m0/s1. The number of methoxy groups -OCH3 is 1. The van der Waals surface area contributed by atoms with Crippen molar-refractivity contribution < 1.29 is 28.2 Å². The quantitative estimate of drug-likeness (QED) is 0.359. The van der Waals surface area contributed by atoms with Gasteiger partial charge in [0.15, 0.2) is 0 Å². The van der Waals surface area contributed by atoms with Gasteiger partial charge >= 0.3 is 11.9 Å². The molecule has 184 valence electrons. The predicted octanol–water partition coefficient (Wildman–Crippen LogP) is 4.89. The van der Waals surface area contributed by atoms with E-state index in [1.807, 2.05) is 43.3 Å². The molecule has 1 aromatic carbocycles. The third kappa shape index (κ3) is 6.73. The van der Waals surface area contributed by atoms with Gasteiger partial charge in [-0.2, -0.15) is 8.78 Å². The highest BCUT2D eigenvalue weighted by Crippen LogP contribution is 2.34. The van der Waals surface area contributed by atoms with Gasteiger partial charge in [-0.15, -0.1) is 11.3 Å². The van der Waals surface area contributed by atoms with Crippen molar-refractivity contribution in [1.29, 1.82) is 0 Å². The van der Waals surface area contributed by atoms with Crippen LogP contribution in [0.3, 0.4) is 0 Å². The Morgan fingerprint density at radius 2 is 2.00 bits per heavy atom. The Hall–Kier alpha value is -2.58. The van der Waals surface area contributed by atoms with Crippen LogP contribution in [0, 0.1) is 5.92 Å². The second kappa shape index (κ2) is 11.7. The lowest BCUT2D eigenvalue weighted by Crippen LogP contribution is -2.36. The summed E-state index contributed by atoms with van der Waals surface area (Å²) in [7, 11) is 1.32. The molecular weight excluding hydrogens is 460 g/mol. The normalized spacial score (nSPS) is 19.5. The number of benzene rings is 1. The molecule has 1 aliphatic heterocycles. The van der Waals surface area contributed by atoms with Gasteiger partial charge < -0.3 is 14.7 Å². The van der Waals surface area contributed by atoms with E-state index in [9.17, 15) is 23.5 Å². The highest BCUT2D eigenvalue weighted by Gasteiger charge is 2.52. The first-order valence-electron chi connectivity index (χ1n) is 11.5. The molecule has 3 atom stereocenters. The van der Waals surface area contributed by atoms with Crippen LogP contribution < -0.4 is 0 Å². The fourth-order valence-electron chi connectivity index (χ4n) is 4.05. The van der Waals surface area contributed by atoms with E-state index in [0.29, 0.717) is 17.7 Å². The van der Waals surface area contributed by atoms with E-state index >= 15 is 0 Å². The molecule has 2 aromatic rings. The van der Waals surface area contributed by atoms with Gasteiger partial charge in [0.05, 0.1) is 19.3 Å². The lowest BCUT2D eigenvalue weighted by atomic mass is 9.95. The van der Waals surface area contributed by atoms with Gasteiger partial charge in [-0.05, 0) is 49.3 Å². The van der Waals surface area contributed by atoms with Gasteiger partial charge in [0.25, 0.3) is 5.91 Å². The maximum atomic E-state index is 14.2. The molecule has 1 fully saturated rings. The fourth-order valence-corrected chi connectivity index (χ4v) is 5.02. The Balaban J connectivity index is 1.54. The first-order chi connectivity index (χ1) is 16.2. The van der Waals surface area contributed by atoms with E-state index in [1.165, 1.54) is 28.9 Å². The van der Waals surface area contributed by atoms with Gasteiger partial charge in [0.2, 0.25) is 0 Å². The zero-order valence-electron chi connectivity index (χ0n) is 19.5. The van der Waals surface area contributed by atoms with E-state index in [0.717, 1.165) is 17.7 Å². The number of amides is 1. The van der Waals surface area contributed by atoms with Crippen LogP contribution in [0.2, 0.25) is 0 Å². The number of aliphatic hydroxyl groups is 1. The summed E-state index contributed by atoms with van der Waals surface area (Å²) in [6.45, 7) is 2.10. The molecule has 2 heterocycles. The molecular formula is C26H31F2NO4S. The molecule has 3 rings (SSSR count). The molecule has 5 nitrogen and oxygen atoms in total. The third-order valence-electron chi connectivity index (χ3n) is 6.15. The highest BCUT2D eigenvalue weighted by molar-refractivity contribution is 7.13. The van der Waals surface area contributed by atoms with Crippen LogP contribution in [-0.2, 0) is 22.4 Å². The number of nitrogens with zero attached hydrogens (tertiary/aromatic N) is 1. The zero-order chi connectivity index (χ0) is 24.7. The maximum Gasteiger partial charge on any atom is 0.348 e. The summed E-state index contributed by atoms with van der Waals surface area (Å²) < 4.78 is 33.0. The molecule has 1 unspecified atom stereocenters. The minimum atomic E-state index is -3.40. The molecule has 1 aliphatic rings. The van der Waals surface area contributed by atoms with Gasteiger partial charge in [0.1, 0.15) is 4.88 Å². The number of ether oxygens (including phenoxy) is 1. The first kappa shape index (κ1) is 26.0. The number of halogens is 2. The maximum absolute atomic E-state index is 14.2. The van der Waals surface area contributed by atoms with E-state index in [-0.39, 0.29) is 12.5 Å². The number of hydrogen-bond acceptors (Lipinski definition) is 5. The average molecular weight is 492 g/mol. The number of carbonyl (C=O) groups is 2. The van der Waals surface area contributed by atoms with Crippen molar-refractivity contribution in [3.63, 3.8) is 0 Å². The van der Waals surface area contributed by atoms with Gasteiger partial charge in [0, 0.05) is 17.8 Å². The smallest absolute Gasteiger partial charge is 0.348 e. The molecule has 0 bridgehead atoms. The third-order valence-corrected chi connectivity index (χ3v) is 7.28. The molecule has 0 radical (unpaired) electrons. The van der Waals surface area contributed by atoms with Gasteiger partial charge in [-0.3, -0.25) is 4.79 Å². The molecule has 1 saturated heterocycles. The summed E-state index contributed by atoms with van der Waals surface area (Å²) in [5, 5.41) is 10.5. The molecule has 34 heavy (non-hydrogen) atoms. The highest BCUT2D eigenvalue weighted by atomic mass is 32.1. The van der Waals surface area contributed by atoms with Crippen molar-refractivity contribution in [2.24, 2.45) is 5.92 Å². The van der Waals surface area contributed by atoms with E-state index < -0.39 is 36.4 Å². The number of hydrogen-bond donors (Lipinski definition) is 1. The Morgan fingerprint density at radius 3 is 2.71 bits per heavy atom. The SMILES string of the molecule is COC(=O)c1ccc(CCCN2C(=O)C(F)(F)CC2C=C[C@@H](O)[C@@H](C)CCc2ccccc2)s1. The summed E-state index contributed by atoms with van der Waals surface area (Å²) in [5.74, 6) is -5.03. The minimum absolute atomic E-state index is 0.0506. The second-order valence-electron chi connectivity index (χ2n) is 8.71. The number of carbonyl (C=O) groups excluding carboxylic acids is 2. The summed E-state index contributed by atoms with van der Waals surface area (Å²) in [5.41, 5.74) is 1.18. The van der Waals surface area contributed by atoms with Crippen LogP contribution in [0.4, 0.5) is 8.78 Å². The Kier molecular flexibility index (Phi) is 8.97.